The number of halogens is 1. The molecule has 0 unspecified atom stereocenters. The molecule has 5 nitrogen and oxygen atoms in total. The van der Waals surface area contributed by atoms with Crippen molar-refractivity contribution in [2.45, 2.75) is 6.92 Å². The van der Waals surface area contributed by atoms with E-state index in [4.69, 9.17) is 16.3 Å². The third-order valence-corrected chi connectivity index (χ3v) is 3.13. The Kier molecular flexibility index (Phi) is 4.20. The average molecular weight is 294 g/mol. The SMILES string of the molecule is CCOC(=O)c1cnc2ccc(C(=O)OC)cc2c1Cl. The fourth-order valence-corrected chi connectivity index (χ4v) is 2.03. The van der Waals surface area contributed by atoms with Crippen LogP contribution in [0, 0.1) is 0 Å². The largest absolute Gasteiger partial charge is 0.465 e. The maximum absolute atomic E-state index is 11.7. The number of ether oxygens (including phenoxy) is 2. The summed E-state index contributed by atoms with van der Waals surface area (Å²) in [5.74, 6) is -1.03. The van der Waals surface area contributed by atoms with Crippen molar-refractivity contribution in [1.29, 1.82) is 0 Å². The first-order chi connectivity index (χ1) is 9.58. The van der Waals surface area contributed by atoms with Gasteiger partial charge >= 0.3 is 11.9 Å². The highest BCUT2D eigenvalue weighted by molar-refractivity contribution is 6.38. The molecule has 104 valence electrons. The molecule has 0 aliphatic heterocycles. The molecule has 0 amide bonds. The van der Waals surface area contributed by atoms with Crippen molar-refractivity contribution in [3.05, 3.63) is 40.5 Å². The number of nitrogens with zero attached hydrogens (tertiary/aromatic N) is 1. The van der Waals surface area contributed by atoms with Gasteiger partial charge in [0, 0.05) is 11.6 Å². The zero-order valence-corrected chi connectivity index (χ0v) is 11.7. The van der Waals surface area contributed by atoms with E-state index in [1.165, 1.54) is 13.3 Å². The summed E-state index contributed by atoms with van der Waals surface area (Å²) in [4.78, 5) is 27.4. The van der Waals surface area contributed by atoms with Gasteiger partial charge in [-0.1, -0.05) is 11.6 Å². The van der Waals surface area contributed by atoms with E-state index in [1.54, 1.807) is 25.1 Å². The number of rotatable bonds is 3. The lowest BCUT2D eigenvalue weighted by atomic mass is 10.1. The standard InChI is InChI=1S/C14H12ClNO4/c1-3-20-14(18)10-7-16-11-5-4-8(13(17)19-2)6-9(11)12(10)15/h4-7H,3H2,1-2H3. The molecule has 0 spiro atoms. The molecule has 0 atom stereocenters. The molecule has 0 aliphatic carbocycles. The number of aromatic nitrogens is 1. The Bertz CT molecular complexity index is 684. The Morgan fingerprint density at radius 2 is 2.05 bits per heavy atom. The zero-order chi connectivity index (χ0) is 14.7. The van der Waals surface area contributed by atoms with Crippen LogP contribution in [0.25, 0.3) is 10.9 Å². The number of esters is 2. The van der Waals surface area contributed by atoms with E-state index in [0.717, 1.165) is 0 Å². The van der Waals surface area contributed by atoms with Crippen molar-refractivity contribution in [3.8, 4) is 0 Å². The van der Waals surface area contributed by atoms with E-state index in [2.05, 4.69) is 9.72 Å². The predicted octanol–water partition coefficient (Wildman–Crippen LogP) is 2.85. The minimum absolute atomic E-state index is 0.169. The number of carbonyl (C=O) groups excluding carboxylic acids is 2. The number of fused-ring (bicyclic) bond motifs is 1. The summed E-state index contributed by atoms with van der Waals surface area (Å²) in [5, 5.41) is 0.708. The normalized spacial score (nSPS) is 10.3. The van der Waals surface area contributed by atoms with E-state index >= 15 is 0 Å². The highest BCUT2D eigenvalue weighted by Gasteiger charge is 2.16. The third kappa shape index (κ3) is 2.58. The van der Waals surface area contributed by atoms with Crippen LogP contribution < -0.4 is 0 Å². The topological polar surface area (TPSA) is 65.5 Å². The molecule has 0 saturated carbocycles. The van der Waals surface area contributed by atoms with Crippen LogP contribution in [-0.4, -0.2) is 30.6 Å². The molecule has 0 bridgehead atoms. The second-order valence-electron chi connectivity index (χ2n) is 3.93. The number of methoxy groups -OCH3 is 1. The second kappa shape index (κ2) is 5.88. The van der Waals surface area contributed by atoms with E-state index in [-0.39, 0.29) is 17.2 Å². The average Bonchev–Trinajstić information content (AvgIpc) is 2.46. The Morgan fingerprint density at radius 3 is 2.70 bits per heavy atom. The van der Waals surface area contributed by atoms with Crippen LogP contribution in [0.3, 0.4) is 0 Å². The lowest BCUT2D eigenvalue weighted by Gasteiger charge is -2.07. The molecule has 0 fully saturated rings. The molecule has 2 rings (SSSR count). The van der Waals surface area contributed by atoms with Crippen LogP contribution in [0.4, 0.5) is 0 Å². The molecule has 1 aromatic heterocycles. The predicted molar refractivity (Wildman–Crippen MR) is 74.0 cm³/mol. The van der Waals surface area contributed by atoms with Crippen LogP contribution in [-0.2, 0) is 9.47 Å². The summed E-state index contributed by atoms with van der Waals surface area (Å²) < 4.78 is 9.55. The van der Waals surface area contributed by atoms with Gasteiger partial charge in [0.1, 0.15) is 0 Å². The third-order valence-electron chi connectivity index (χ3n) is 2.72. The van der Waals surface area contributed by atoms with Crippen LogP contribution in [0.15, 0.2) is 24.4 Å². The van der Waals surface area contributed by atoms with Crippen molar-refractivity contribution >= 4 is 34.4 Å². The van der Waals surface area contributed by atoms with Gasteiger partial charge in [0.05, 0.1) is 35.4 Å². The zero-order valence-electron chi connectivity index (χ0n) is 11.0. The quantitative estimate of drug-likeness (QED) is 0.814. The van der Waals surface area contributed by atoms with Gasteiger partial charge in [-0.3, -0.25) is 4.98 Å². The van der Waals surface area contributed by atoms with Gasteiger partial charge in [-0.05, 0) is 25.1 Å². The van der Waals surface area contributed by atoms with E-state index in [0.29, 0.717) is 16.5 Å². The Morgan fingerprint density at radius 1 is 1.30 bits per heavy atom. The Balaban J connectivity index is 2.58. The van der Waals surface area contributed by atoms with Gasteiger partial charge in [-0.25, -0.2) is 9.59 Å². The van der Waals surface area contributed by atoms with Gasteiger partial charge in [0.15, 0.2) is 0 Å². The number of hydrogen-bond acceptors (Lipinski definition) is 5. The monoisotopic (exact) mass is 293 g/mol. The van der Waals surface area contributed by atoms with Crippen molar-refractivity contribution in [2.24, 2.45) is 0 Å². The van der Waals surface area contributed by atoms with E-state index in [1.807, 2.05) is 0 Å². The lowest BCUT2D eigenvalue weighted by molar-refractivity contribution is 0.0525. The molecule has 0 saturated heterocycles. The van der Waals surface area contributed by atoms with Crippen LogP contribution in [0.5, 0.6) is 0 Å². The van der Waals surface area contributed by atoms with Gasteiger partial charge in [-0.15, -0.1) is 0 Å². The Hall–Kier alpha value is -2.14. The first-order valence-electron chi connectivity index (χ1n) is 5.92. The van der Waals surface area contributed by atoms with Crippen molar-refractivity contribution in [2.75, 3.05) is 13.7 Å². The van der Waals surface area contributed by atoms with E-state index in [9.17, 15) is 9.59 Å². The number of pyridine rings is 1. The second-order valence-corrected chi connectivity index (χ2v) is 4.31. The summed E-state index contributed by atoms with van der Waals surface area (Å²) in [5.41, 5.74) is 1.09. The number of hydrogen-bond donors (Lipinski definition) is 0. The fourth-order valence-electron chi connectivity index (χ4n) is 1.76. The molecule has 1 aromatic carbocycles. The van der Waals surface area contributed by atoms with Gasteiger partial charge in [0.2, 0.25) is 0 Å². The maximum atomic E-state index is 11.7. The van der Waals surface area contributed by atoms with E-state index < -0.39 is 11.9 Å². The molecule has 2 aromatic rings. The van der Waals surface area contributed by atoms with Gasteiger partial charge in [0.25, 0.3) is 0 Å². The smallest absolute Gasteiger partial charge is 0.341 e. The Labute approximate surface area is 120 Å². The van der Waals surface area contributed by atoms with Crippen LogP contribution >= 0.6 is 11.6 Å². The summed E-state index contributed by atoms with van der Waals surface area (Å²) in [7, 11) is 1.29. The summed E-state index contributed by atoms with van der Waals surface area (Å²) >= 11 is 6.20. The lowest BCUT2D eigenvalue weighted by Crippen LogP contribution is -2.07. The molecular formula is C14H12ClNO4. The maximum Gasteiger partial charge on any atom is 0.341 e. The first-order valence-corrected chi connectivity index (χ1v) is 6.30. The molecule has 0 N–H and O–H groups in total. The summed E-state index contributed by atoms with van der Waals surface area (Å²) in [6.45, 7) is 1.95. The van der Waals surface area contributed by atoms with Crippen LogP contribution in [0.1, 0.15) is 27.6 Å². The van der Waals surface area contributed by atoms with Crippen molar-refractivity contribution < 1.29 is 19.1 Å². The van der Waals surface area contributed by atoms with Gasteiger partial charge < -0.3 is 9.47 Å². The summed E-state index contributed by atoms with van der Waals surface area (Å²) in [6.07, 6.45) is 1.36. The molecular weight excluding hydrogens is 282 g/mol. The number of carbonyl (C=O) groups is 2. The van der Waals surface area contributed by atoms with Crippen molar-refractivity contribution in [3.63, 3.8) is 0 Å². The molecule has 0 radical (unpaired) electrons. The molecule has 1 heterocycles. The minimum Gasteiger partial charge on any atom is -0.465 e. The van der Waals surface area contributed by atoms with Crippen LogP contribution in [0.2, 0.25) is 5.02 Å². The number of benzene rings is 1. The summed E-state index contributed by atoms with van der Waals surface area (Å²) in [6, 6.07) is 4.77. The van der Waals surface area contributed by atoms with Crippen molar-refractivity contribution in [1.82, 2.24) is 4.98 Å². The highest BCUT2D eigenvalue weighted by Crippen LogP contribution is 2.27. The first kappa shape index (κ1) is 14.3. The minimum atomic E-state index is -0.546. The fraction of sp³-hybridized carbons (Fsp3) is 0.214. The molecule has 0 aliphatic rings. The molecule has 6 heteroatoms. The van der Waals surface area contributed by atoms with Gasteiger partial charge in [-0.2, -0.15) is 0 Å². The highest BCUT2D eigenvalue weighted by atomic mass is 35.5. The molecule has 20 heavy (non-hydrogen) atoms.